The van der Waals surface area contributed by atoms with Gasteiger partial charge in [0.15, 0.2) is 0 Å². The first kappa shape index (κ1) is 11.4. The molecule has 1 rings (SSSR count). The van der Waals surface area contributed by atoms with Crippen LogP contribution in [0.25, 0.3) is 0 Å². The minimum atomic E-state index is -0.394. The van der Waals surface area contributed by atoms with Crippen LogP contribution in [0.3, 0.4) is 0 Å². The van der Waals surface area contributed by atoms with Crippen molar-refractivity contribution in [3.8, 4) is 0 Å². The highest BCUT2D eigenvalue weighted by Crippen LogP contribution is 2.19. The van der Waals surface area contributed by atoms with Crippen LogP contribution in [0, 0.1) is 16.3 Å². The topological polar surface area (TPSA) is 26.3 Å². The zero-order chi connectivity index (χ0) is 10.7. The molecule has 14 heavy (non-hydrogen) atoms. The Kier molecular flexibility index (Phi) is 3.86. The van der Waals surface area contributed by atoms with Gasteiger partial charge in [-0.2, -0.15) is 0 Å². The van der Waals surface area contributed by atoms with Crippen LogP contribution < -0.4 is 0 Å². The predicted octanol–water partition coefficient (Wildman–Crippen LogP) is 2.92. The molecule has 0 heterocycles. The van der Waals surface area contributed by atoms with Crippen molar-refractivity contribution >= 4 is 28.6 Å². The van der Waals surface area contributed by atoms with Gasteiger partial charge in [-0.3, -0.25) is 0 Å². The molecule has 2 nitrogen and oxygen atoms in total. The molecule has 0 saturated carbocycles. The summed E-state index contributed by atoms with van der Waals surface area (Å²) in [7, 11) is 0. The summed E-state index contributed by atoms with van der Waals surface area (Å²) < 4.78 is 18.3. The van der Waals surface area contributed by atoms with Crippen LogP contribution in [0.2, 0.25) is 0 Å². The lowest BCUT2D eigenvalue weighted by molar-refractivity contribution is 0.0524. The molecule has 0 fully saturated rings. The Bertz CT molecular complexity index is 340. The van der Waals surface area contributed by atoms with Crippen LogP contribution >= 0.6 is 22.6 Å². The van der Waals surface area contributed by atoms with Crippen LogP contribution in [0.15, 0.2) is 12.1 Å². The molecule has 0 aliphatic heterocycles. The van der Waals surface area contributed by atoms with Crippen LogP contribution in [-0.2, 0) is 4.74 Å². The molecule has 1 aromatic carbocycles. The molecule has 0 unspecified atom stereocenters. The molecule has 0 radical (unpaired) electrons. The van der Waals surface area contributed by atoms with Crippen molar-refractivity contribution in [1.29, 1.82) is 0 Å². The minimum Gasteiger partial charge on any atom is -0.462 e. The Morgan fingerprint density at radius 2 is 2.21 bits per heavy atom. The SMILES string of the molecule is CCOC(=O)c1c(C)cc(F)cc1I. The van der Waals surface area contributed by atoms with Gasteiger partial charge in [0.25, 0.3) is 0 Å². The van der Waals surface area contributed by atoms with Gasteiger partial charge in [0.2, 0.25) is 0 Å². The second kappa shape index (κ2) is 4.72. The monoisotopic (exact) mass is 308 g/mol. The maximum Gasteiger partial charge on any atom is 0.339 e. The van der Waals surface area contributed by atoms with E-state index in [0.717, 1.165) is 0 Å². The lowest BCUT2D eigenvalue weighted by Crippen LogP contribution is -2.09. The first-order valence-electron chi connectivity index (χ1n) is 4.19. The van der Waals surface area contributed by atoms with Gasteiger partial charge in [-0.25, -0.2) is 9.18 Å². The average Bonchev–Trinajstić information content (AvgIpc) is 2.01. The third-order valence-corrected chi connectivity index (χ3v) is 2.58. The lowest BCUT2D eigenvalue weighted by atomic mass is 10.1. The van der Waals surface area contributed by atoms with Crippen LogP contribution in [0.5, 0.6) is 0 Å². The van der Waals surface area contributed by atoms with Gasteiger partial charge in [-0.05, 0) is 54.1 Å². The molecule has 0 bridgehead atoms. The average molecular weight is 308 g/mol. The quantitative estimate of drug-likeness (QED) is 0.620. The largest absolute Gasteiger partial charge is 0.462 e. The number of hydrogen-bond acceptors (Lipinski definition) is 2. The summed E-state index contributed by atoms with van der Waals surface area (Å²) >= 11 is 1.93. The predicted molar refractivity (Wildman–Crippen MR) is 59.8 cm³/mol. The molecule has 0 aromatic heterocycles. The van der Waals surface area contributed by atoms with Crippen molar-refractivity contribution in [2.24, 2.45) is 0 Å². The Morgan fingerprint density at radius 1 is 1.57 bits per heavy atom. The van der Waals surface area contributed by atoms with E-state index in [2.05, 4.69) is 0 Å². The summed E-state index contributed by atoms with van der Waals surface area (Å²) in [4.78, 5) is 11.4. The number of benzene rings is 1. The second-order valence-electron chi connectivity index (χ2n) is 2.80. The molecule has 76 valence electrons. The highest BCUT2D eigenvalue weighted by Gasteiger charge is 2.15. The fourth-order valence-electron chi connectivity index (χ4n) is 1.16. The van der Waals surface area contributed by atoms with Crippen LogP contribution in [-0.4, -0.2) is 12.6 Å². The number of carbonyl (C=O) groups excluding carboxylic acids is 1. The Hall–Kier alpha value is -0.650. The van der Waals surface area contributed by atoms with Crippen molar-refractivity contribution in [2.45, 2.75) is 13.8 Å². The van der Waals surface area contributed by atoms with Gasteiger partial charge in [0.1, 0.15) is 5.82 Å². The molecule has 0 atom stereocenters. The van der Waals surface area contributed by atoms with Gasteiger partial charge >= 0.3 is 5.97 Å². The molecule has 0 spiro atoms. The fourth-order valence-corrected chi connectivity index (χ4v) is 2.11. The maximum absolute atomic E-state index is 12.9. The third kappa shape index (κ3) is 2.43. The number of halogens is 2. The first-order valence-corrected chi connectivity index (χ1v) is 5.27. The number of ether oxygens (including phenoxy) is 1. The highest BCUT2D eigenvalue weighted by atomic mass is 127. The number of rotatable bonds is 2. The van der Waals surface area contributed by atoms with Crippen molar-refractivity contribution < 1.29 is 13.9 Å². The summed E-state index contributed by atoms with van der Waals surface area (Å²) in [5.74, 6) is -0.727. The van der Waals surface area contributed by atoms with E-state index < -0.39 is 5.97 Å². The van der Waals surface area contributed by atoms with E-state index in [1.807, 2.05) is 22.6 Å². The van der Waals surface area contributed by atoms with Gasteiger partial charge < -0.3 is 4.74 Å². The number of carbonyl (C=O) groups is 1. The number of esters is 1. The van der Waals surface area contributed by atoms with E-state index in [0.29, 0.717) is 21.3 Å². The zero-order valence-electron chi connectivity index (χ0n) is 7.93. The Morgan fingerprint density at radius 3 is 2.71 bits per heavy atom. The van der Waals surface area contributed by atoms with Gasteiger partial charge in [-0.1, -0.05) is 0 Å². The molecule has 0 aliphatic rings. The molecule has 0 aliphatic carbocycles. The van der Waals surface area contributed by atoms with Gasteiger partial charge in [-0.15, -0.1) is 0 Å². The second-order valence-corrected chi connectivity index (χ2v) is 3.96. The molecule has 0 saturated heterocycles. The summed E-state index contributed by atoms with van der Waals surface area (Å²) in [6.45, 7) is 3.76. The molecular formula is C10H10FIO2. The maximum atomic E-state index is 12.9. The van der Waals surface area contributed by atoms with E-state index in [-0.39, 0.29) is 5.82 Å². The first-order chi connectivity index (χ1) is 6.56. The van der Waals surface area contributed by atoms with Crippen molar-refractivity contribution in [1.82, 2.24) is 0 Å². The number of hydrogen-bond donors (Lipinski definition) is 0. The lowest BCUT2D eigenvalue weighted by Gasteiger charge is -2.07. The molecule has 4 heteroatoms. The molecular weight excluding hydrogens is 298 g/mol. The van der Waals surface area contributed by atoms with Crippen LogP contribution in [0.4, 0.5) is 4.39 Å². The Balaban J connectivity index is 3.14. The smallest absolute Gasteiger partial charge is 0.339 e. The standard InChI is InChI=1S/C10H10FIO2/c1-3-14-10(13)9-6(2)4-7(11)5-8(9)12/h4-5H,3H2,1-2H3. The van der Waals surface area contributed by atoms with Crippen LogP contribution in [0.1, 0.15) is 22.8 Å². The highest BCUT2D eigenvalue weighted by molar-refractivity contribution is 14.1. The molecule has 0 N–H and O–H groups in total. The van der Waals surface area contributed by atoms with Gasteiger partial charge in [0, 0.05) is 3.57 Å². The molecule has 1 aromatic rings. The van der Waals surface area contributed by atoms with Crippen molar-refractivity contribution in [3.63, 3.8) is 0 Å². The summed E-state index contributed by atoms with van der Waals surface area (Å²) in [6.07, 6.45) is 0. The minimum absolute atomic E-state index is 0.325. The van der Waals surface area contributed by atoms with E-state index in [1.54, 1.807) is 13.8 Å². The third-order valence-electron chi connectivity index (χ3n) is 1.73. The molecule has 0 amide bonds. The van der Waals surface area contributed by atoms with E-state index in [9.17, 15) is 9.18 Å². The van der Waals surface area contributed by atoms with Gasteiger partial charge in [0.05, 0.1) is 12.2 Å². The van der Waals surface area contributed by atoms with E-state index in [1.165, 1.54) is 12.1 Å². The fraction of sp³-hybridized carbons (Fsp3) is 0.300. The summed E-state index contributed by atoms with van der Waals surface area (Å²) in [5, 5.41) is 0. The van der Waals surface area contributed by atoms with Crippen molar-refractivity contribution in [2.75, 3.05) is 6.61 Å². The summed E-state index contributed by atoms with van der Waals surface area (Å²) in [5.41, 5.74) is 1.06. The number of aryl methyl sites for hydroxylation is 1. The van der Waals surface area contributed by atoms with E-state index in [4.69, 9.17) is 4.74 Å². The Labute approximate surface area is 95.6 Å². The van der Waals surface area contributed by atoms with E-state index >= 15 is 0 Å². The normalized spacial score (nSPS) is 10.0. The zero-order valence-corrected chi connectivity index (χ0v) is 10.1. The summed E-state index contributed by atoms with van der Waals surface area (Å²) in [6, 6.07) is 2.65. The van der Waals surface area contributed by atoms with Crippen molar-refractivity contribution in [3.05, 3.63) is 32.6 Å².